The maximum Gasteiger partial charge on any atom is 0.242 e. The first-order chi connectivity index (χ1) is 9.85. The van der Waals surface area contributed by atoms with Gasteiger partial charge in [-0.25, -0.2) is 4.98 Å². The van der Waals surface area contributed by atoms with Gasteiger partial charge in [0.2, 0.25) is 11.8 Å². The van der Waals surface area contributed by atoms with Crippen LogP contribution in [0.4, 0.5) is 0 Å². The summed E-state index contributed by atoms with van der Waals surface area (Å²) in [5.74, 6) is -0.414. The largest absolute Gasteiger partial charge is 0.346 e. The van der Waals surface area contributed by atoms with E-state index in [0.717, 1.165) is 11.4 Å². The number of nitrogens with zero attached hydrogens (tertiary/aromatic N) is 2. The number of amides is 2. The Kier molecular flexibility index (Phi) is 12.3. The molecule has 0 fully saturated rings. The molecule has 0 saturated heterocycles. The van der Waals surface area contributed by atoms with Crippen molar-refractivity contribution in [2.75, 3.05) is 13.6 Å². The number of aryl methyl sites for hydroxylation is 1. The summed E-state index contributed by atoms with van der Waals surface area (Å²) in [4.78, 5) is 30.7. The zero-order chi connectivity index (χ0) is 16.0. The Morgan fingerprint density at radius 2 is 2.00 bits per heavy atom. The highest BCUT2D eigenvalue weighted by Crippen LogP contribution is 2.14. The van der Waals surface area contributed by atoms with E-state index in [2.05, 4.69) is 17.2 Å². The molecule has 0 aromatic carbocycles. The number of thiazole rings is 1. The Bertz CT molecular complexity index is 497. The molecule has 0 saturated carbocycles. The standard InChI is InChI=1S/C14H24N4O2S.2ClH/c1-5-10-6-16-11(21-10)8-18(4)12(19)7-17-14(20)13(15)9(2)3;;/h6,9,13H,5,7-8,15H2,1-4H3,(H,17,20);2*1H/t13-;;/m0../s1. The first-order valence-corrected chi connectivity index (χ1v) is 7.87. The quantitative estimate of drug-likeness (QED) is 0.746. The second-order valence-corrected chi connectivity index (χ2v) is 6.51. The summed E-state index contributed by atoms with van der Waals surface area (Å²) >= 11 is 1.60. The summed E-state index contributed by atoms with van der Waals surface area (Å²) in [6.45, 7) is 6.22. The lowest BCUT2D eigenvalue weighted by Gasteiger charge is -2.18. The molecule has 0 aliphatic carbocycles. The molecule has 3 N–H and O–H groups in total. The van der Waals surface area contributed by atoms with Crippen LogP contribution in [0.15, 0.2) is 6.20 Å². The van der Waals surface area contributed by atoms with Crippen molar-refractivity contribution >= 4 is 48.0 Å². The van der Waals surface area contributed by atoms with Crippen LogP contribution in [-0.4, -0.2) is 41.3 Å². The second kappa shape index (κ2) is 11.6. The molecule has 0 aliphatic heterocycles. The Hall–Kier alpha value is -0.890. The zero-order valence-electron chi connectivity index (χ0n) is 13.9. The molecule has 0 aliphatic rings. The normalized spacial score (nSPS) is 11.2. The number of rotatable bonds is 7. The molecular weight excluding hydrogens is 359 g/mol. The number of likely N-dealkylation sites (N-methyl/N-ethyl adjacent to an activating group) is 1. The lowest BCUT2D eigenvalue weighted by atomic mass is 10.1. The molecule has 1 aromatic heterocycles. The van der Waals surface area contributed by atoms with Gasteiger partial charge in [0.15, 0.2) is 0 Å². The van der Waals surface area contributed by atoms with Crippen LogP contribution in [0.5, 0.6) is 0 Å². The number of aromatic nitrogens is 1. The topological polar surface area (TPSA) is 88.3 Å². The molecule has 1 rings (SSSR count). The molecule has 23 heavy (non-hydrogen) atoms. The summed E-state index contributed by atoms with van der Waals surface area (Å²) in [5.41, 5.74) is 5.72. The van der Waals surface area contributed by atoms with Gasteiger partial charge < -0.3 is 16.0 Å². The van der Waals surface area contributed by atoms with E-state index in [9.17, 15) is 9.59 Å². The van der Waals surface area contributed by atoms with E-state index in [1.54, 1.807) is 23.3 Å². The highest BCUT2D eigenvalue weighted by molar-refractivity contribution is 7.11. The molecule has 0 spiro atoms. The van der Waals surface area contributed by atoms with Crippen LogP contribution in [0, 0.1) is 5.92 Å². The Labute approximate surface area is 154 Å². The molecule has 9 heteroatoms. The molecule has 6 nitrogen and oxygen atoms in total. The third-order valence-corrected chi connectivity index (χ3v) is 4.31. The van der Waals surface area contributed by atoms with Crippen LogP contribution in [-0.2, 0) is 22.6 Å². The molecule has 1 atom stereocenters. The summed E-state index contributed by atoms with van der Waals surface area (Å²) in [6.07, 6.45) is 2.78. The van der Waals surface area contributed by atoms with E-state index in [4.69, 9.17) is 5.73 Å². The Morgan fingerprint density at radius 3 is 2.48 bits per heavy atom. The number of carbonyl (C=O) groups excluding carboxylic acids is 2. The Morgan fingerprint density at radius 1 is 1.39 bits per heavy atom. The van der Waals surface area contributed by atoms with Gasteiger partial charge >= 0.3 is 0 Å². The SMILES string of the molecule is CCc1cnc(CN(C)C(=O)CNC(=O)[C@@H](N)C(C)C)s1.Cl.Cl. The predicted molar refractivity (Wildman–Crippen MR) is 98.3 cm³/mol. The van der Waals surface area contributed by atoms with Crippen LogP contribution in [0.2, 0.25) is 0 Å². The first-order valence-electron chi connectivity index (χ1n) is 7.06. The monoisotopic (exact) mass is 384 g/mol. The molecular formula is C14H26Cl2N4O2S. The smallest absolute Gasteiger partial charge is 0.242 e. The van der Waals surface area contributed by atoms with Crippen LogP contribution < -0.4 is 11.1 Å². The highest BCUT2D eigenvalue weighted by Gasteiger charge is 2.19. The van der Waals surface area contributed by atoms with Gasteiger partial charge in [0.25, 0.3) is 0 Å². The summed E-state index contributed by atoms with van der Waals surface area (Å²) in [6, 6.07) is -0.589. The number of halogens is 2. The average molecular weight is 385 g/mol. The molecule has 0 bridgehead atoms. The maximum atomic E-state index is 12.0. The van der Waals surface area contributed by atoms with Gasteiger partial charge in [0.05, 0.1) is 19.1 Å². The fourth-order valence-electron chi connectivity index (χ4n) is 1.59. The van der Waals surface area contributed by atoms with Crippen LogP contribution in [0.3, 0.4) is 0 Å². The van der Waals surface area contributed by atoms with E-state index >= 15 is 0 Å². The summed E-state index contributed by atoms with van der Waals surface area (Å²) < 4.78 is 0. The van der Waals surface area contributed by atoms with Crippen molar-refractivity contribution in [2.24, 2.45) is 11.7 Å². The fourth-order valence-corrected chi connectivity index (χ4v) is 2.51. The van der Waals surface area contributed by atoms with Crippen LogP contribution in [0.1, 0.15) is 30.7 Å². The minimum atomic E-state index is -0.589. The molecule has 0 radical (unpaired) electrons. The van der Waals surface area contributed by atoms with Crippen molar-refractivity contribution in [3.05, 3.63) is 16.1 Å². The number of carbonyl (C=O) groups is 2. The molecule has 2 amide bonds. The average Bonchev–Trinajstić information content (AvgIpc) is 2.90. The van der Waals surface area contributed by atoms with Crippen LogP contribution >= 0.6 is 36.2 Å². The van der Waals surface area contributed by atoms with E-state index in [-0.39, 0.29) is 49.1 Å². The number of nitrogens with two attached hydrogens (primary N) is 1. The van der Waals surface area contributed by atoms with E-state index in [1.807, 2.05) is 20.0 Å². The van der Waals surface area contributed by atoms with Crippen molar-refractivity contribution in [1.82, 2.24) is 15.2 Å². The van der Waals surface area contributed by atoms with E-state index in [1.165, 1.54) is 4.88 Å². The van der Waals surface area contributed by atoms with Gasteiger partial charge in [-0.15, -0.1) is 36.2 Å². The second-order valence-electron chi connectivity index (χ2n) is 5.31. The highest BCUT2D eigenvalue weighted by atomic mass is 35.5. The number of nitrogens with one attached hydrogen (secondary N) is 1. The minimum Gasteiger partial charge on any atom is -0.346 e. The third-order valence-electron chi connectivity index (χ3n) is 3.18. The van der Waals surface area contributed by atoms with Gasteiger partial charge in [-0.2, -0.15) is 0 Å². The van der Waals surface area contributed by atoms with Crippen molar-refractivity contribution in [3.63, 3.8) is 0 Å². The lowest BCUT2D eigenvalue weighted by Crippen LogP contribution is -2.47. The summed E-state index contributed by atoms with van der Waals surface area (Å²) in [7, 11) is 1.70. The number of hydrogen-bond donors (Lipinski definition) is 2. The summed E-state index contributed by atoms with van der Waals surface area (Å²) in [5, 5.41) is 3.47. The first kappa shape index (κ1) is 24.4. The fraction of sp³-hybridized carbons (Fsp3) is 0.643. The number of hydrogen-bond acceptors (Lipinski definition) is 5. The van der Waals surface area contributed by atoms with Crippen molar-refractivity contribution in [3.8, 4) is 0 Å². The van der Waals surface area contributed by atoms with Gasteiger partial charge in [0.1, 0.15) is 5.01 Å². The minimum absolute atomic E-state index is 0. The van der Waals surface area contributed by atoms with Crippen molar-refractivity contribution < 1.29 is 9.59 Å². The predicted octanol–water partition coefficient (Wildman–Crippen LogP) is 1.61. The van der Waals surface area contributed by atoms with Gasteiger partial charge in [-0.1, -0.05) is 20.8 Å². The van der Waals surface area contributed by atoms with E-state index in [0.29, 0.717) is 6.54 Å². The van der Waals surface area contributed by atoms with E-state index < -0.39 is 6.04 Å². The van der Waals surface area contributed by atoms with Gasteiger partial charge in [0, 0.05) is 18.1 Å². The maximum absolute atomic E-state index is 12.0. The molecule has 134 valence electrons. The molecule has 1 aromatic rings. The molecule has 1 heterocycles. The van der Waals surface area contributed by atoms with Crippen molar-refractivity contribution in [1.29, 1.82) is 0 Å². The molecule has 0 unspecified atom stereocenters. The zero-order valence-corrected chi connectivity index (χ0v) is 16.3. The van der Waals surface area contributed by atoms with Gasteiger partial charge in [-0.05, 0) is 12.3 Å². The third kappa shape index (κ3) is 7.97. The van der Waals surface area contributed by atoms with Gasteiger partial charge in [-0.3, -0.25) is 9.59 Å². The Balaban J connectivity index is 0. The van der Waals surface area contributed by atoms with Crippen molar-refractivity contribution in [2.45, 2.75) is 39.8 Å². The lowest BCUT2D eigenvalue weighted by molar-refractivity contribution is -0.132. The van der Waals surface area contributed by atoms with Crippen LogP contribution in [0.25, 0.3) is 0 Å².